The molecule has 28 heavy (non-hydrogen) atoms. The second kappa shape index (κ2) is 7.22. The number of carboxylic acids is 1. The van der Waals surface area contributed by atoms with E-state index in [2.05, 4.69) is 4.98 Å². The Labute approximate surface area is 162 Å². The Morgan fingerprint density at radius 3 is 2.29 bits per heavy atom. The van der Waals surface area contributed by atoms with E-state index in [1.807, 2.05) is 13.8 Å². The normalized spacial score (nSPS) is 26.8. The molecular formula is C20H28N4O4. The summed E-state index contributed by atoms with van der Waals surface area (Å²) in [6.45, 7) is 4.83. The van der Waals surface area contributed by atoms with Crippen molar-refractivity contribution in [1.82, 2.24) is 19.1 Å². The van der Waals surface area contributed by atoms with Gasteiger partial charge in [0, 0.05) is 19.0 Å². The summed E-state index contributed by atoms with van der Waals surface area (Å²) in [5.74, 6) is 0.250. The molecule has 2 atom stereocenters. The lowest BCUT2D eigenvalue weighted by atomic mass is 9.73. The van der Waals surface area contributed by atoms with Crippen molar-refractivity contribution in [1.29, 1.82) is 0 Å². The average Bonchev–Trinajstić information content (AvgIpc) is 3.22. The summed E-state index contributed by atoms with van der Waals surface area (Å²) < 4.78 is 2.90. The zero-order chi connectivity index (χ0) is 20.0. The maximum Gasteiger partial charge on any atom is 0.332 e. The van der Waals surface area contributed by atoms with Crippen molar-refractivity contribution in [3.05, 3.63) is 26.7 Å². The quantitative estimate of drug-likeness (QED) is 0.789. The van der Waals surface area contributed by atoms with E-state index in [-0.39, 0.29) is 34.9 Å². The standard InChI is InChI=1S/C20H28N4O4/c1-3-7-23-17-15(18(25)24(8-4-2)20(23)28)21-16(22-17)13-9-11-5-6-12(10-13)14(11)19(26)27/h11-14H,3-10H2,1-2H3,(H,21,22)(H,26,27). The minimum absolute atomic E-state index is 0.115. The van der Waals surface area contributed by atoms with Crippen LogP contribution in [0.1, 0.15) is 64.1 Å². The molecule has 152 valence electrons. The average molecular weight is 388 g/mol. The highest BCUT2D eigenvalue weighted by atomic mass is 16.4. The summed E-state index contributed by atoms with van der Waals surface area (Å²) in [5, 5.41) is 9.53. The van der Waals surface area contributed by atoms with Gasteiger partial charge in [-0.15, -0.1) is 0 Å². The second-order valence-corrected chi connectivity index (χ2v) is 8.34. The van der Waals surface area contributed by atoms with E-state index in [1.54, 1.807) is 4.57 Å². The Kier molecular flexibility index (Phi) is 4.89. The zero-order valence-corrected chi connectivity index (χ0v) is 16.5. The molecule has 0 saturated heterocycles. The zero-order valence-electron chi connectivity index (χ0n) is 16.5. The minimum atomic E-state index is -0.685. The second-order valence-electron chi connectivity index (χ2n) is 8.34. The molecule has 8 nitrogen and oxygen atoms in total. The Morgan fingerprint density at radius 2 is 1.71 bits per heavy atom. The third-order valence-corrected chi connectivity index (χ3v) is 6.54. The van der Waals surface area contributed by atoms with Crippen LogP contribution in [-0.4, -0.2) is 30.2 Å². The lowest BCUT2D eigenvalue weighted by molar-refractivity contribution is -0.145. The van der Waals surface area contributed by atoms with E-state index in [0.717, 1.165) is 37.9 Å². The monoisotopic (exact) mass is 388 g/mol. The highest BCUT2D eigenvalue weighted by Crippen LogP contribution is 2.51. The summed E-state index contributed by atoms with van der Waals surface area (Å²) >= 11 is 0. The smallest absolute Gasteiger partial charge is 0.332 e. The van der Waals surface area contributed by atoms with Gasteiger partial charge < -0.3 is 10.1 Å². The summed E-state index contributed by atoms with van der Waals surface area (Å²) in [5.41, 5.74) is 0.222. The van der Waals surface area contributed by atoms with Gasteiger partial charge in [-0.25, -0.2) is 9.78 Å². The summed E-state index contributed by atoms with van der Waals surface area (Å²) in [4.78, 5) is 45.2. The molecule has 2 unspecified atom stereocenters. The molecule has 2 aromatic heterocycles. The van der Waals surface area contributed by atoms with Crippen LogP contribution in [0.4, 0.5) is 0 Å². The van der Waals surface area contributed by atoms with Crippen molar-refractivity contribution in [2.24, 2.45) is 17.8 Å². The first kappa shape index (κ1) is 19.0. The molecule has 2 heterocycles. The van der Waals surface area contributed by atoms with Gasteiger partial charge in [-0.1, -0.05) is 13.8 Å². The Balaban J connectivity index is 1.77. The topological polar surface area (TPSA) is 110 Å². The van der Waals surface area contributed by atoms with Crippen molar-refractivity contribution in [3.8, 4) is 0 Å². The Morgan fingerprint density at radius 1 is 1.11 bits per heavy atom. The van der Waals surface area contributed by atoms with Crippen LogP contribution >= 0.6 is 0 Å². The molecule has 8 heteroatoms. The van der Waals surface area contributed by atoms with Crippen LogP contribution in [0.5, 0.6) is 0 Å². The summed E-state index contributed by atoms with van der Waals surface area (Å²) in [7, 11) is 0. The number of fused-ring (bicyclic) bond motifs is 3. The molecule has 0 aliphatic heterocycles. The maximum absolute atomic E-state index is 12.9. The molecule has 2 fully saturated rings. The van der Waals surface area contributed by atoms with Gasteiger partial charge in [-0.2, -0.15) is 0 Å². The number of aliphatic carboxylic acids is 1. The molecule has 2 aliphatic carbocycles. The lowest BCUT2D eigenvalue weighted by Crippen LogP contribution is -2.40. The first-order chi connectivity index (χ1) is 13.5. The van der Waals surface area contributed by atoms with E-state index < -0.39 is 5.97 Å². The van der Waals surface area contributed by atoms with Crippen molar-refractivity contribution in [3.63, 3.8) is 0 Å². The number of hydrogen-bond acceptors (Lipinski definition) is 4. The molecule has 2 bridgehead atoms. The van der Waals surface area contributed by atoms with Crippen LogP contribution in [0, 0.1) is 17.8 Å². The molecule has 2 N–H and O–H groups in total. The fraction of sp³-hybridized carbons (Fsp3) is 0.700. The molecule has 2 aromatic rings. The van der Waals surface area contributed by atoms with Gasteiger partial charge in [0.15, 0.2) is 5.65 Å². The van der Waals surface area contributed by atoms with Crippen molar-refractivity contribution in [2.75, 3.05) is 0 Å². The number of H-pyrrole nitrogens is 1. The van der Waals surface area contributed by atoms with E-state index in [9.17, 15) is 19.5 Å². The van der Waals surface area contributed by atoms with Gasteiger partial charge >= 0.3 is 11.7 Å². The van der Waals surface area contributed by atoms with E-state index in [0.29, 0.717) is 30.7 Å². The van der Waals surface area contributed by atoms with Crippen molar-refractivity contribution in [2.45, 2.75) is 71.4 Å². The van der Waals surface area contributed by atoms with Gasteiger partial charge in [0.25, 0.3) is 5.56 Å². The van der Waals surface area contributed by atoms with E-state index >= 15 is 0 Å². The highest BCUT2D eigenvalue weighted by molar-refractivity contribution is 5.72. The van der Waals surface area contributed by atoms with Crippen molar-refractivity contribution >= 4 is 17.1 Å². The number of nitrogens with zero attached hydrogens (tertiary/aromatic N) is 3. The largest absolute Gasteiger partial charge is 0.481 e. The third kappa shape index (κ3) is 2.89. The molecule has 2 aliphatic rings. The van der Waals surface area contributed by atoms with Crippen LogP contribution < -0.4 is 11.2 Å². The van der Waals surface area contributed by atoms with E-state index in [4.69, 9.17) is 4.98 Å². The number of carbonyl (C=O) groups is 1. The number of aromatic amines is 1. The minimum Gasteiger partial charge on any atom is -0.481 e. The SMILES string of the molecule is CCCn1c(=O)c2[nH]c(C3CC4CCC(C3)C4C(=O)O)nc2n(CCC)c1=O. The molecule has 4 rings (SSSR count). The van der Waals surface area contributed by atoms with E-state index in [1.165, 1.54) is 4.57 Å². The van der Waals surface area contributed by atoms with Gasteiger partial charge in [0.05, 0.1) is 5.92 Å². The van der Waals surface area contributed by atoms with Crippen LogP contribution in [0.3, 0.4) is 0 Å². The number of aryl methyl sites for hydroxylation is 1. The first-order valence-electron chi connectivity index (χ1n) is 10.4. The summed E-state index contributed by atoms with van der Waals surface area (Å²) in [6.07, 6.45) is 4.92. The number of aromatic nitrogens is 4. The molecule has 0 amide bonds. The molecule has 0 radical (unpaired) electrons. The first-order valence-corrected chi connectivity index (χ1v) is 10.4. The van der Waals surface area contributed by atoms with Gasteiger partial charge in [0.2, 0.25) is 0 Å². The predicted octanol–water partition coefficient (Wildman–Crippen LogP) is 2.31. The Bertz CT molecular complexity index is 1000. The number of hydrogen-bond donors (Lipinski definition) is 2. The Hall–Kier alpha value is -2.38. The molecule has 0 aromatic carbocycles. The van der Waals surface area contributed by atoms with Crippen molar-refractivity contribution < 1.29 is 9.90 Å². The van der Waals surface area contributed by atoms with Gasteiger partial charge in [-0.3, -0.25) is 18.7 Å². The maximum atomic E-state index is 12.9. The number of imidazole rings is 1. The van der Waals surface area contributed by atoms with Crippen LogP contribution in [-0.2, 0) is 17.9 Å². The number of carboxylic acid groups (broad SMARTS) is 1. The fourth-order valence-electron chi connectivity index (χ4n) is 5.38. The van der Waals surface area contributed by atoms with Gasteiger partial charge in [-0.05, 0) is 50.4 Å². The molecule has 2 saturated carbocycles. The van der Waals surface area contributed by atoms with Crippen LogP contribution in [0.25, 0.3) is 11.2 Å². The van der Waals surface area contributed by atoms with Crippen LogP contribution in [0.15, 0.2) is 9.59 Å². The predicted molar refractivity (Wildman–Crippen MR) is 105 cm³/mol. The van der Waals surface area contributed by atoms with Gasteiger partial charge in [0.1, 0.15) is 11.3 Å². The number of rotatable bonds is 6. The number of nitrogens with one attached hydrogen (secondary N) is 1. The highest BCUT2D eigenvalue weighted by Gasteiger charge is 2.47. The molecular weight excluding hydrogens is 360 g/mol. The molecule has 0 spiro atoms. The fourth-order valence-corrected chi connectivity index (χ4v) is 5.38. The lowest BCUT2D eigenvalue weighted by Gasteiger charge is -2.31. The summed E-state index contributed by atoms with van der Waals surface area (Å²) in [6, 6.07) is 0. The third-order valence-electron chi connectivity index (χ3n) is 6.54. The van der Waals surface area contributed by atoms with Crippen LogP contribution in [0.2, 0.25) is 0 Å².